The summed E-state index contributed by atoms with van der Waals surface area (Å²) in [5.41, 5.74) is 2.30. The largest absolute Gasteiger partial charge is 0.368 e. The molecule has 0 aromatic carbocycles. The molecule has 2 rings (SSSR count). The Balaban J connectivity index is 2.68. The van der Waals surface area contributed by atoms with Gasteiger partial charge in [0, 0.05) is 20.6 Å². The van der Waals surface area contributed by atoms with Crippen LogP contribution < -0.4 is 21.3 Å². The molecular formula is C18H30N8. The van der Waals surface area contributed by atoms with Gasteiger partial charge in [0.2, 0.25) is 11.9 Å². The second kappa shape index (κ2) is 8.16. The molecule has 0 bridgehead atoms. The predicted molar refractivity (Wildman–Crippen MR) is 110 cm³/mol. The van der Waals surface area contributed by atoms with Crippen molar-refractivity contribution in [1.82, 2.24) is 19.9 Å². The van der Waals surface area contributed by atoms with Crippen molar-refractivity contribution in [2.45, 2.75) is 46.6 Å². The summed E-state index contributed by atoms with van der Waals surface area (Å²) in [6.07, 6.45) is 3.08. The predicted octanol–water partition coefficient (Wildman–Crippen LogP) is 3.48. The van der Waals surface area contributed by atoms with Gasteiger partial charge in [-0.2, -0.15) is 9.97 Å². The number of hydrogen-bond donors (Lipinski definition) is 4. The molecule has 2 heterocycles. The van der Waals surface area contributed by atoms with E-state index in [2.05, 4.69) is 75.0 Å². The van der Waals surface area contributed by atoms with Crippen molar-refractivity contribution < 1.29 is 0 Å². The van der Waals surface area contributed by atoms with Crippen LogP contribution >= 0.6 is 0 Å². The maximum Gasteiger partial charge on any atom is 0.225 e. The highest BCUT2D eigenvalue weighted by atomic mass is 15.2. The van der Waals surface area contributed by atoms with Gasteiger partial charge in [-0.3, -0.25) is 0 Å². The fraction of sp³-hybridized carbons (Fsp3) is 0.556. The molecule has 0 saturated heterocycles. The van der Waals surface area contributed by atoms with Crippen LogP contribution in [0.4, 0.5) is 23.5 Å². The molecule has 0 spiro atoms. The number of nitrogens with zero attached hydrogens (tertiary/aromatic N) is 4. The van der Waals surface area contributed by atoms with Gasteiger partial charge in [-0.15, -0.1) is 0 Å². The summed E-state index contributed by atoms with van der Waals surface area (Å²) < 4.78 is 0. The molecule has 0 saturated carbocycles. The van der Waals surface area contributed by atoms with Crippen molar-refractivity contribution in [2.75, 3.05) is 41.9 Å². The maximum atomic E-state index is 4.61. The van der Waals surface area contributed by atoms with Crippen molar-refractivity contribution in [3.05, 3.63) is 11.6 Å². The number of hydrogen-bond acceptors (Lipinski definition) is 8. The molecule has 4 N–H and O–H groups in total. The topological polar surface area (TPSA) is 99.7 Å². The van der Waals surface area contributed by atoms with Crippen LogP contribution in [0.3, 0.4) is 0 Å². The molecule has 0 aliphatic rings. The summed E-state index contributed by atoms with van der Waals surface area (Å²) >= 11 is 0. The van der Waals surface area contributed by atoms with Crippen molar-refractivity contribution in [1.29, 1.82) is 0 Å². The first-order valence-electron chi connectivity index (χ1n) is 8.97. The first-order valence-corrected chi connectivity index (χ1v) is 8.97. The lowest BCUT2D eigenvalue weighted by Crippen LogP contribution is -2.33. The third-order valence-corrected chi connectivity index (χ3v) is 4.38. The molecule has 2 aromatic heterocycles. The van der Waals surface area contributed by atoms with Gasteiger partial charge in [0.05, 0.1) is 5.54 Å². The van der Waals surface area contributed by atoms with Crippen LogP contribution in [0.15, 0.2) is 11.6 Å². The average Bonchev–Trinajstić information content (AvgIpc) is 2.64. The number of anilines is 4. The average molecular weight is 358 g/mol. The second-order valence-corrected chi connectivity index (χ2v) is 6.64. The molecule has 0 radical (unpaired) electrons. The summed E-state index contributed by atoms with van der Waals surface area (Å²) in [5, 5.41) is 12.9. The van der Waals surface area contributed by atoms with E-state index in [4.69, 9.17) is 0 Å². The molecule has 0 aliphatic carbocycles. The lowest BCUT2D eigenvalue weighted by Gasteiger charge is -2.28. The minimum atomic E-state index is -0.275. The van der Waals surface area contributed by atoms with Gasteiger partial charge in [0.1, 0.15) is 11.0 Å². The Morgan fingerprint density at radius 3 is 2.00 bits per heavy atom. The Kier molecular flexibility index (Phi) is 6.18. The molecule has 26 heavy (non-hydrogen) atoms. The zero-order valence-electron chi connectivity index (χ0n) is 16.8. The standard InChI is InChI=1S/C18H30N8/c1-8-10-21-14-12-13(23-16(19-6)24-14)15(25-17(20-7)22-12)26-18(4,5)11(3)9-2/h9H,8,10H2,1-7H3,(H2,19,21,23,24)(H2,20,22,25,26)/b11-9-. The van der Waals surface area contributed by atoms with Crippen LogP contribution in [0.25, 0.3) is 11.0 Å². The summed E-state index contributed by atoms with van der Waals surface area (Å²) in [4.78, 5) is 18.3. The maximum absolute atomic E-state index is 4.61. The SMILES string of the molecule is C/C=C(/C)C(C)(C)Nc1nc(NC)nc2c(NCCC)nc(NC)nc12. The monoisotopic (exact) mass is 358 g/mol. The summed E-state index contributed by atoms with van der Waals surface area (Å²) in [6, 6.07) is 0. The van der Waals surface area contributed by atoms with Gasteiger partial charge in [0.25, 0.3) is 0 Å². The van der Waals surface area contributed by atoms with Gasteiger partial charge in [-0.1, -0.05) is 18.6 Å². The van der Waals surface area contributed by atoms with Crippen LogP contribution in [-0.2, 0) is 0 Å². The summed E-state index contributed by atoms with van der Waals surface area (Å²) in [7, 11) is 3.60. The minimum absolute atomic E-state index is 0.275. The fourth-order valence-corrected chi connectivity index (χ4v) is 2.45. The molecule has 0 atom stereocenters. The van der Waals surface area contributed by atoms with Gasteiger partial charge >= 0.3 is 0 Å². The van der Waals surface area contributed by atoms with Gasteiger partial charge in [-0.05, 0) is 34.1 Å². The Bertz CT molecular complexity index is 797. The Hall–Kier alpha value is -2.64. The van der Waals surface area contributed by atoms with E-state index < -0.39 is 0 Å². The molecule has 0 unspecified atom stereocenters. The highest BCUT2D eigenvalue weighted by Gasteiger charge is 2.23. The molecule has 2 aromatic rings. The van der Waals surface area contributed by atoms with Crippen molar-refractivity contribution in [3.8, 4) is 0 Å². The normalized spacial score (nSPS) is 12.2. The molecule has 0 amide bonds. The van der Waals surface area contributed by atoms with E-state index in [1.165, 1.54) is 5.57 Å². The van der Waals surface area contributed by atoms with Crippen LogP contribution in [-0.4, -0.2) is 46.1 Å². The lowest BCUT2D eigenvalue weighted by atomic mass is 9.95. The van der Waals surface area contributed by atoms with Crippen LogP contribution in [0.1, 0.15) is 41.0 Å². The molecule has 8 heteroatoms. The molecular weight excluding hydrogens is 328 g/mol. The quantitative estimate of drug-likeness (QED) is 0.532. The summed E-state index contributed by atoms with van der Waals surface area (Å²) in [6.45, 7) is 11.3. The number of nitrogens with one attached hydrogen (secondary N) is 4. The molecule has 8 nitrogen and oxygen atoms in total. The minimum Gasteiger partial charge on any atom is -0.368 e. The fourth-order valence-electron chi connectivity index (χ4n) is 2.45. The first-order chi connectivity index (χ1) is 12.4. The van der Waals surface area contributed by atoms with E-state index in [0.29, 0.717) is 34.6 Å². The first kappa shape index (κ1) is 19.7. The van der Waals surface area contributed by atoms with E-state index >= 15 is 0 Å². The summed E-state index contributed by atoms with van der Waals surface area (Å²) in [5.74, 6) is 2.42. The number of allylic oxidation sites excluding steroid dienone is 1. The zero-order chi connectivity index (χ0) is 19.3. The molecule has 0 fully saturated rings. The van der Waals surface area contributed by atoms with E-state index in [-0.39, 0.29) is 5.54 Å². The number of aromatic nitrogens is 4. The van der Waals surface area contributed by atoms with E-state index in [9.17, 15) is 0 Å². The van der Waals surface area contributed by atoms with E-state index in [0.717, 1.165) is 13.0 Å². The van der Waals surface area contributed by atoms with E-state index in [1.807, 2.05) is 6.92 Å². The number of fused-ring (bicyclic) bond motifs is 1. The van der Waals surface area contributed by atoms with Crippen molar-refractivity contribution >= 4 is 34.6 Å². The second-order valence-electron chi connectivity index (χ2n) is 6.64. The highest BCUT2D eigenvalue weighted by Crippen LogP contribution is 2.30. The third-order valence-electron chi connectivity index (χ3n) is 4.38. The molecule has 142 valence electrons. The van der Waals surface area contributed by atoms with Crippen LogP contribution in [0, 0.1) is 0 Å². The van der Waals surface area contributed by atoms with E-state index in [1.54, 1.807) is 14.1 Å². The smallest absolute Gasteiger partial charge is 0.225 e. The van der Waals surface area contributed by atoms with Crippen molar-refractivity contribution in [2.24, 2.45) is 0 Å². The highest BCUT2D eigenvalue weighted by molar-refractivity contribution is 5.94. The van der Waals surface area contributed by atoms with Crippen LogP contribution in [0.5, 0.6) is 0 Å². The Labute approximate surface area is 155 Å². The lowest BCUT2D eigenvalue weighted by molar-refractivity contribution is 0.661. The van der Waals surface area contributed by atoms with Gasteiger partial charge < -0.3 is 21.3 Å². The van der Waals surface area contributed by atoms with Crippen molar-refractivity contribution in [3.63, 3.8) is 0 Å². The Morgan fingerprint density at radius 1 is 0.962 bits per heavy atom. The third kappa shape index (κ3) is 4.12. The molecule has 0 aliphatic heterocycles. The number of rotatable bonds is 8. The van der Waals surface area contributed by atoms with Gasteiger partial charge in [-0.25, -0.2) is 9.97 Å². The van der Waals surface area contributed by atoms with Crippen LogP contribution in [0.2, 0.25) is 0 Å². The van der Waals surface area contributed by atoms with Gasteiger partial charge in [0.15, 0.2) is 11.6 Å². The zero-order valence-corrected chi connectivity index (χ0v) is 16.8. The Morgan fingerprint density at radius 2 is 1.50 bits per heavy atom.